The number of carbonyl (C=O) groups is 1. The number of fused-ring (bicyclic) bond motifs is 1. The average Bonchev–Trinajstić information content (AvgIpc) is 2.97. The van der Waals surface area contributed by atoms with Gasteiger partial charge in [0.2, 0.25) is 0 Å². The van der Waals surface area contributed by atoms with Crippen LogP contribution in [0.1, 0.15) is 29.8 Å². The summed E-state index contributed by atoms with van der Waals surface area (Å²) in [5, 5.41) is 7.80. The lowest BCUT2D eigenvalue weighted by Crippen LogP contribution is -2.63. The molecule has 3 fully saturated rings. The fraction of sp³-hybridized carbons (Fsp3) is 0.529. The molecule has 6 heteroatoms. The lowest BCUT2D eigenvalue weighted by atomic mass is 9.61. The van der Waals surface area contributed by atoms with Gasteiger partial charge in [-0.1, -0.05) is 0 Å². The molecule has 0 radical (unpaired) electrons. The molecular formula is C17H19N3O3. The number of carbonyl (C=O) groups excluding carboxylic acids is 1. The minimum absolute atomic E-state index is 0.0103. The zero-order chi connectivity index (χ0) is 15.6. The Morgan fingerprint density at radius 1 is 1.43 bits per heavy atom. The van der Waals surface area contributed by atoms with Gasteiger partial charge in [0.1, 0.15) is 11.9 Å². The molecule has 1 N–H and O–H groups in total. The van der Waals surface area contributed by atoms with Crippen LogP contribution in [0.25, 0.3) is 10.9 Å². The summed E-state index contributed by atoms with van der Waals surface area (Å²) in [6.07, 6.45) is 3.70. The van der Waals surface area contributed by atoms with E-state index < -0.39 is 0 Å². The zero-order valence-corrected chi connectivity index (χ0v) is 13.0. The van der Waals surface area contributed by atoms with E-state index in [0.717, 1.165) is 24.0 Å². The fourth-order valence-corrected chi connectivity index (χ4v) is 4.64. The van der Waals surface area contributed by atoms with Crippen molar-refractivity contribution >= 4 is 16.9 Å². The Balaban J connectivity index is 1.41. The first-order chi connectivity index (χ1) is 11.2. The number of hydrogen-bond acceptors (Lipinski definition) is 5. The van der Waals surface area contributed by atoms with E-state index in [2.05, 4.69) is 15.1 Å². The summed E-state index contributed by atoms with van der Waals surface area (Å²) in [5.74, 6) is 0.884. The van der Waals surface area contributed by atoms with E-state index in [1.807, 2.05) is 18.2 Å². The average molecular weight is 313 g/mol. The summed E-state index contributed by atoms with van der Waals surface area (Å²) in [5.41, 5.74) is 1.52. The molecule has 3 atom stereocenters. The van der Waals surface area contributed by atoms with Crippen LogP contribution in [0.4, 0.5) is 0 Å². The number of esters is 1. The van der Waals surface area contributed by atoms with Gasteiger partial charge in [-0.25, -0.2) is 4.79 Å². The van der Waals surface area contributed by atoms with E-state index in [1.165, 1.54) is 19.3 Å². The van der Waals surface area contributed by atoms with Crippen molar-refractivity contribution < 1.29 is 14.3 Å². The summed E-state index contributed by atoms with van der Waals surface area (Å²) in [4.78, 5) is 15.1. The standard InChI is InChI=1S/C17H19N3O3/c1-22-10-2-3-13-11(8-10)15(19-18-13)16(21)23-14-9-20-7-6-17(20)5-4-12(14)17/h2-3,8,12,14H,4-7,9H2,1H3,(H,18,19)/t12-,14-,17?/m1/s1. The number of ether oxygens (including phenoxy) is 2. The number of aromatic amines is 1. The van der Waals surface area contributed by atoms with Crippen molar-refractivity contribution in [3.8, 4) is 5.75 Å². The maximum atomic E-state index is 12.6. The first-order valence-corrected chi connectivity index (χ1v) is 8.19. The topological polar surface area (TPSA) is 67.4 Å². The van der Waals surface area contributed by atoms with Crippen molar-refractivity contribution in [2.45, 2.75) is 30.9 Å². The number of rotatable bonds is 3. The highest BCUT2D eigenvalue weighted by Crippen LogP contribution is 2.58. The summed E-state index contributed by atoms with van der Waals surface area (Å²) in [6.45, 7) is 2.02. The molecule has 23 heavy (non-hydrogen) atoms. The summed E-state index contributed by atoms with van der Waals surface area (Å²) in [6, 6.07) is 5.53. The molecule has 1 aliphatic carbocycles. The van der Waals surface area contributed by atoms with Crippen LogP contribution in [0.15, 0.2) is 18.2 Å². The number of aromatic nitrogens is 2. The molecule has 120 valence electrons. The number of H-pyrrole nitrogens is 1. The van der Waals surface area contributed by atoms with Crippen LogP contribution in [0, 0.1) is 5.92 Å². The molecular weight excluding hydrogens is 294 g/mol. The Morgan fingerprint density at radius 3 is 3.00 bits per heavy atom. The molecule has 3 heterocycles. The van der Waals surface area contributed by atoms with Crippen molar-refractivity contribution in [3.05, 3.63) is 23.9 Å². The molecule has 2 saturated heterocycles. The second-order valence-electron chi connectivity index (χ2n) is 6.87. The Kier molecular flexibility index (Phi) is 2.60. The molecule has 2 aliphatic heterocycles. The van der Waals surface area contributed by atoms with Gasteiger partial charge in [-0.15, -0.1) is 0 Å². The van der Waals surface area contributed by atoms with E-state index in [0.29, 0.717) is 22.9 Å². The lowest BCUT2D eigenvalue weighted by Gasteiger charge is -2.57. The smallest absolute Gasteiger partial charge is 0.359 e. The van der Waals surface area contributed by atoms with Gasteiger partial charge < -0.3 is 9.47 Å². The molecule has 6 nitrogen and oxygen atoms in total. The molecule has 1 aromatic heterocycles. The van der Waals surface area contributed by atoms with Crippen molar-refractivity contribution in [3.63, 3.8) is 0 Å². The maximum Gasteiger partial charge on any atom is 0.359 e. The van der Waals surface area contributed by atoms with Crippen LogP contribution in [0.3, 0.4) is 0 Å². The highest BCUT2D eigenvalue weighted by atomic mass is 16.5. The van der Waals surface area contributed by atoms with Crippen molar-refractivity contribution in [2.24, 2.45) is 5.92 Å². The molecule has 1 unspecified atom stereocenters. The minimum Gasteiger partial charge on any atom is -0.497 e. The van der Waals surface area contributed by atoms with Crippen LogP contribution in [0.5, 0.6) is 5.75 Å². The Morgan fingerprint density at radius 2 is 2.35 bits per heavy atom. The lowest BCUT2D eigenvalue weighted by molar-refractivity contribution is -0.0772. The number of hydrogen-bond donors (Lipinski definition) is 1. The van der Waals surface area contributed by atoms with Crippen LogP contribution < -0.4 is 4.74 Å². The van der Waals surface area contributed by atoms with Crippen molar-refractivity contribution in [1.82, 2.24) is 15.1 Å². The fourth-order valence-electron chi connectivity index (χ4n) is 4.64. The van der Waals surface area contributed by atoms with Crippen molar-refractivity contribution in [2.75, 3.05) is 20.2 Å². The van der Waals surface area contributed by atoms with E-state index in [9.17, 15) is 4.79 Å². The highest BCUT2D eigenvalue weighted by Gasteiger charge is 2.64. The van der Waals surface area contributed by atoms with Crippen molar-refractivity contribution in [1.29, 1.82) is 0 Å². The first-order valence-electron chi connectivity index (χ1n) is 8.19. The quantitative estimate of drug-likeness (QED) is 0.878. The van der Waals surface area contributed by atoms with Crippen LogP contribution >= 0.6 is 0 Å². The normalized spacial score (nSPS) is 31.9. The van der Waals surface area contributed by atoms with Gasteiger partial charge >= 0.3 is 5.97 Å². The Bertz CT molecular complexity index is 797. The SMILES string of the molecule is COc1ccc2[nH]nc(C(=O)O[C@@H]3CN4CCC45CC[C@H]35)c2c1. The number of methoxy groups -OCH3 is 1. The van der Waals surface area contributed by atoms with Gasteiger partial charge in [-0.2, -0.15) is 5.10 Å². The Labute approximate surface area is 133 Å². The molecule has 0 bridgehead atoms. The molecule has 1 saturated carbocycles. The molecule has 0 amide bonds. The van der Waals surface area contributed by atoms with E-state index in [4.69, 9.17) is 9.47 Å². The molecule has 1 aromatic carbocycles. The molecule has 5 rings (SSSR count). The van der Waals surface area contributed by atoms with Gasteiger partial charge in [0.15, 0.2) is 5.69 Å². The van der Waals surface area contributed by atoms with Crippen LogP contribution in [-0.2, 0) is 4.74 Å². The largest absolute Gasteiger partial charge is 0.497 e. The van der Waals surface area contributed by atoms with Gasteiger partial charge in [0.05, 0.1) is 12.6 Å². The third-order valence-corrected chi connectivity index (χ3v) is 6.09. The monoisotopic (exact) mass is 313 g/mol. The third kappa shape index (κ3) is 1.67. The summed E-state index contributed by atoms with van der Waals surface area (Å²) in [7, 11) is 1.61. The summed E-state index contributed by atoms with van der Waals surface area (Å²) < 4.78 is 11.1. The van der Waals surface area contributed by atoms with Crippen LogP contribution in [0.2, 0.25) is 0 Å². The highest BCUT2D eigenvalue weighted by molar-refractivity contribution is 6.02. The van der Waals surface area contributed by atoms with E-state index in [-0.39, 0.29) is 12.1 Å². The van der Waals surface area contributed by atoms with Gasteiger partial charge in [-0.05, 0) is 37.5 Å². The van der Waals surface area contributed by atoms with Gasteiger partial charge in [0.25, 0.3) is 0 Å². The second-order valence-corrected chi connectivity index (χ2v) is 6.87. The first kappa shape index (κ1) is 13.4. The van der Waals surface area contributed by atoms with Crippen LogP contribution in [-0.4, -0.2) is 52.9 Å². The van der Waals surface area contributed by atoms with Gasteiger partial charge in [-0.3, -0.25) is 10.00 Å². The maximum absolute atomic E-state index is 12.6. The van der Waals surface area contributed by atoms with E-state index in [1.54, 1.807) is 7.11 Å². The number of nitrogens with zero attached hydrogens (tertiary/aromatic N) is 2. The Hall–Kier alpha value is -2.08. The van der Waals surface area contributed by atoms with Gasteiger partial charge in [0, 0.05) is 29.9 Å². The minimum atomic E-state index is -0.334. The predicted octanol–water partition coefficient (Wildman–Crippen LogP) is 1.97. The second kappa shape index (κ2) is 4.47. The number of benzene rings is 1. The molecule has 3 aliphatic rings. The zero-order valence-electron chi connectivity index (χ0n) is 13.0. The third-order valence-electron chi connectivity index (χ3n) is 6.09. The molecule has 2 aromatic rings. The molecule has 1 spiro atoms. The predicted molar refractivity (Wildman–Crippen MR) is 83.5 cm³/mol. The number of nitrogens with one attached hydrogen (secondary N) is 1. The van der Waals surface area contributed by atoms with E-state index >= 15 is 0 Å². The summed E-state index contributed by atoms with van der Waals surface area (Å²) >= 11 is 0.